The lowest BCUT2D eigenvalue weighted by Crippen LogP contribution is -2.05. The van der Waals surface area contributed by atoms with Gasteiger partial charge in [-0.05, 0) is 54.1 Å². The number of hydrogen-bond donors (Lipinski definition) is 2. The average Bonchev–Trinajstić information content (AvgIpc) is 3.19. The van der Waals surface area contributed by atoms with Gasteiger partial charge in [-0.3, -0.25) is 0 Å². The Morgan fingerprint density at radius 1 is 0.941 bits per heavy atom. The van der Waals surface area contributed by atoms with E-state index in [4.69, 9.17) is 15.5 Å². The maximum atomic E-state index is 13.6. The predicted molar refractivity (Wildman–Crippen MR) is 127 cm³/mol. The molecule has 0 amide bonds. The van der Waals surface area contributed by atoms with E-state index in [1.54, 1.807) is 31.4 Å². The van der Waals surface area contributed by atoms with E-state index in [-0.39, 0.29) is 11.6 Å². The number of methoxy groups -OCH3 is 1. The summed E-state index contributed by atoms with van der Waals surface area (Å²) in [5, 5.41) is 8.23. The third-order valence-corrected chi connectivity index (χ3v) is 5.34. The lowest BCUT2D eigenvalue weighted by atomic mass is 10.1. The van der Waals surface area contributed by atoms with Gasteiger partial charge in [0.2, 0.25) is 5.95 Å². The molecule has 0 bridgehead atoms. The summed E-state index contributed by atoms with van der Waals surface area (Å²) in [7, 11) is 1.58. The lowest BCUT2D eigenvalue weighted by molar-refractivity contribution is 0.416. The van der Waals surface area contributed by atoms with E-state index in [1.807, 2.05) is 24.3 Å². The summed E-state index contributed by atoms with van der Waals surface area (Å²) in [5.74, 6) is 0.515. The van der Waals surface area contributed by atoms with Crippen LogP contribution in [0.1, 0.15) is 5.56 Å². The molecule has 0 aliphatic carbocycles. The van der Waals surface area contributed by atoms with E-state index in [9.17, 15) is 8.78 Å². The summed E-state index contributed by atoms with van der Waals surface area (Å²) in [6.45, 7) is 0.308. The minimum atomic E-state index is -0.364. The molecule has 0 saturated carbocycles. The summed E-state index contributed by atoms with van der Waals surface area (Å²) < 4.78 is 34.1. The zero-order valence-electron chi connectivity index (χ0n) is 18.2. The Balaban J connectivity index is 1.66. The van der Waals surface area contributed by atoms with E-state index in [1.165, 1.54) is 28.9 Å². The van der Waals surface area contributed by atoms with Crippen LogP contribution in [0, 0.1) is 11.6 Å². The number of aromatic nitrogens is 4. The van der Waals surface area contributed by atoms with E-state index in [2.05, 4.69) is 15.4 Å². The molecule has 0 unspecified atom stereocenters. The van der Waals surface area contributed by atoms with Crippen molar-refractivity contribution in [1.82, 2.24) is 19.7 Å². The normalized spacial score (nSPS) is 11.0. The van der Waals surface area contributed by atoms with Gasteiger partial charge >= 0.3 is 0 Å². The molecule has 2 aromatic heterocycles. The number of nitrogens with two attached hydrogens (primary N) is 1. The standard InChI is InChI=1S/C25H20F2N6O/c1-34-20-8-3-2-7-19(20)22-21-23(28)33(18-11-9-16(26)10-12-18)32-24(21)31-25(30-22)29-14-15-5-4-6-17(27)13-15/h2-13H,14,28H2,1H3,(H,29,31,32). The second-order valence-corrected chi connectivity index (χ2v) is 7.55. The summed E-state index contributed by atoms with van der Waals surface area (Å²) >= 11 is 0. The van der Waals surface area contributed by atoms with Crippen molar-refractivity contribution in [2.45, 2.75) is 6.54 Å². The maximum Gasteiger partial charge on any atom is 0.225 e. The van der Waals surface area contributed by atoms with Gasteiger partial charge in [0.25, 0.3) is 0 Å². The number of nitrogens with one attached hydrogen (secondary N) is 1. The fraction of sp³-hybridized carbons (Fsp3) is 0.0800. The molecular formula is C25H20F2N6O. The molecule has 0 fully saturated rings. The first kappa shape index (κ1) is 21.3. The van der Waals surface area contributed by atoms with Gasteiger partial charge < -0.3 is 15.8 Å². The van der Waals surface area contributed by atoms with E-state index >= 15 is 0 Å². The van der Waals surface area contributed by atoms with Crippen molar-refractivity contribution in [1.29, 1.82) is 0 Å². The summed E-state index contributed by atoms with van der Waals surface area (Å²) in [6.07, 6.45) is 0. The van der Waals surface area contributed by atoms with E-state index in [0.717, 1.165) is 5.56 Å². The van der Waals surface area contributed by atoms with E-state index in [0.29, 0.717) is 52.0 Å². The van der Waals surface area contributed by atoms with Crippen LogP contribution in [0.5, 0.6) is 5.75 Å². The van der Waals surface area contributed by atoms with Crippen LogP contribution in [0.15, 0.2) is 72.8 Å². The molecule has 34 heavy (non-hydrogen) atoms. The number of ether oxygens (including phenoxy) is 1. The van der Waals surface area contributed by atoms with Crippen LogP contribution in [-0.2, 0) is 6.54 Å². The van der Waals surface area contributed by atoms with Crippen LogP contribution in [0.3, 0.4) is 0 Å². The number of benzene rings is 3. The number of nitrogens with zero attached hydrogens (tertiary/aromatic N) is 4. The first-order chi connectivity index (χ1) is 16.5. The van der Waals surface area contributed by atoms with Crippen molar-refractivity contribution in [3.8, 4) is 22.7 Å². The Hall–Kier alpha value is -4.53. The third kappa shape index (κ3) is 3.99. The van der Waals surface area contributed by atoms with Crippen molar-refractivity contribution < 1.29 is 13.5 Å². The molecule has 0 spiro atoms. The van der Waals surface area contributed by atoms with E-state index < -0.39 is 0 Å². The first-order valence-electron chi connectivity index (χ1n) is 10.5. The zero-order valence-corrected chi connectivity index (χ0v) is 18.2. The largest absolute Gasteiger partial charge is 0.496 e. The molecule has 0 radical (unpaired) electrons. The van der Waals surface area contributed by atoms with Crippen LogP contribution in [0.4, 0.5) is 20.5 Å². The first-order valence-corrected chi connectivity index (χ1v) is 10.5. The summed E-state index contributed by atoms with van der Waals surface area (Å²) in [6, 6.07) is 19.5. The predicted octanol–water partition coefficient (Wildman–Crippen LogP) is 4.96. The van der Waals surface area contributed by atoms with Gasteiger partial charge in [-0.15, -0.1) is 5.10 Å². The molecule has 0 aliphatic heterocycles. The van der Waals surface area contributed by atoms with Gasteiger partial charge in [0, 0.05) is 12.1 Å². The summed E-state index contributed by atoms with van der Waals surface area (Å²) in [5.41, 5.74) is 9.39. The van der Waals surface area contributed by atoms with Crippen LogP contribution >= 0.6 is 0 Å². The smallest absolute Gasteiger partial charge is 0.225 e. The molecule has 0 aliphatic rings. The van der Waals surface area contributed by atoms with Gasteiger partial charge in [-0.1, -0.05) is 24.3 Å². The van der Waals surface area contributed by atoms with Gasteiger partial charge in [0.15, 0.2) is 5.65 Å². The molecule has 5 rings (SSSR count). The molecule has 0 atom stereocenters. The Kier molecular flexibility index (Phi) is 5.51. The molecule has 170 valence electrons. The van der Waals surface area contributed by atoms with Crippen LogP contribution in [0.2, 0.25) is 0 Å². The number of hydrogen-bond acceptors (Lipinski definition) is 6. The molecule has 2 heterocycles. The number of halogens is 2. The SMILES string of the molecule is COc1ccccc1-c1nc(NCc2cccc(F)c2)nc2nn(-c3ccc(F)cc3)c(N)c12. The van der Waals surface area contributed by atoms with Crippen molar-refractivity contribution >= 4 is 22.8 Å². The van der Waals surface area contributed by atoms with Crippen LogP contribution < -0.4 is 15.8 Å². The fourth-order valence-corrected chi connectivity index (χ4v) is 3.73. The Morgan fingerprint density at radius 3 is 2.50 bits per heavy atom. The second-order valence-electron chi connectivity index (χ2n) is 7.55. The number of anilines is 2. The highest BCUT2D eigenvalue weighted by Crippen LogP contribution is 2.37. The fourth-order valence-electron chi connectivity index (χ4n) is 3.73. The van der Waals surface area contributed by atoms with Crippen molar-refractivity contribution in [2.24, 2.45) is 0 Å². The minimum Gasteiger partial charge on any atom is -0.496 e. The number of rotatable bonds is 6. The molecule has 5 aromatic rings. The zero-order chi connectivity index (χ0) is 23.7. The van der Waals surface area contributed by atoms with Gasteiger partial charge in [-0.2, -0.15) is 4.98 Å². The van der Waals surface area contributed by atoms with Gasteiger partial charge in [0.05, 0.1) is 23.9 Å². The lowest BCUT2D eigenvalue weighted by Gasteiger charge is -2.11. The van der Waals surface area contributed by atoms with Crippen molar-refractivity contribution in [3.63, 3.8) is 0 Å². The Labute approximate surface area is 193 Å². The van der Waals surface area contributed by atoms with Crippen molar-refractivity contribution in [2.75, 3.05) is 18.2 Å². The highest BCUT2D eigenvalue weighted by molar-refractivity contribution is 6.00. The molecule has 0 saturated heterocycles. The molecule has 9 heteroatoms. The monoisotopic (exact) mass is 458 g/mol. The Morgan fingerprint density at radius 2 is 1.74 bits per heavy atom. The quantitative estimate of drug-likeness (QED) is 0.374. The molecular weight excluding hydrogens is 438 g/mol. The third-order valence-electron chi connectivity index (χ3n) is 5.34. The number of fused-ring (bicyclic) bond motifs is 1. The van der Waals surface area contributed by atoms with Crippen LogP contribution in [0.25, 0.3) is 28.0 Å². The number of nitrogen functional groups attached to an aromatic ring is 1. The minimum absolute atomic E-state index is 0.293. The van der Waals surface area contributed by atoms with Crippen LogP contribution in [-0.4, -0.2) is 26.9 Å². The van der Waals surface area contributed by atoms with Gasteiger partial charge in [0.1, 0.15) is 23.2 Å². The highest BCUT2D eigenvalue weighted by atomic mass is 19.1. The summed E-state index contributed by atoms with van der Waals surface area (Å²) in [4.78, 5) is 9.25. The maximum absolute atomic E-state index is 13.6. The highest BCUT2D eigenvalue weighted by Gasteiger charge is 2.21. The second kappa shape index (κ2) is 8.78. The number of para-hydroxylation sites is 1. The average molecular weight is 458 g/mol. The Bertz CT molecular complexity index is 1480. The van der Waals surface area contributed by atoms with Gasteiger partial charge in [-0.25, -0.2) is 18.4 Å². The van der Waals surface area contributed by atoms with Crippen molar-refractivity contribution in [3.05, 3.63) is 90.0 Å². The molecule has 7 nitrogen and oxygen atoms in total. The molecule has 3 aromatic carbocycles. The topological polar surface area (TPSA) is 90.9 Å². The molecule has 3 N–H and O–H groups in total.